The van der Waals surface area contributed by atoms with Crippen molar-refractivity contribution >= 4 is 5.91 Å². The molecule has 0 saturated heterocycles. The third kappa shape index (κ3) is 2.83. The molecule has 1 aromatic carbocycles. The van der Waals surface area contributed by atoms with Gasteiger partial charge in [-0.05, 0) is 44.4 Å². The molecule has 1 heterocycles. The van der Waals surface area contributed by atoms with Gasteiger partial charge >= 0.3 is 0 Å². The standard InChI is InChI=1S/C16H22N2O3/c17-8-3-9-18(12-4-1-5-12)16(19)13-6-2-7-14-15(13)21-11-10-20-14/h2,6-7,12H,1,3-5,8-11,17H2. The third-order valence-electron chi connectivity index (χ3n) is 4.18. The minimum Gasteiger partial charge on any atom is -0.486 e. The summed E-state index contributed by atoms with van der Waals surface area (Å²) >= 11 is 0. The highest BCUT2D eigenvalue weighted by Crippen LogP contribution is 2.35. The van der Waals surface area contributed by atoms with E-state index in [4.69, 9.17) is 15.2 Å². The number of carbonyl (C=O) groups excluding carboxylic acids is 1. The van der Waals surface area contributed by atoms with E-state index in [-0.39, 0.29) is 5.91 Å². The van der Waals surface area contributed by atoms with Crippen LogP contribution in [0.2, 0.25) is 0 Å². The van der Waals surface area contributed by atoms with Crippen molar-refractivity contribution in [1.29, 1.82) is 0 Å². The minimum absolute atomic E-state index is 0.0375. The van der Waals surface area contributed by atoms with Crippen molar-refractivity contribution in [1.82, 2.24) is 4.90 Å². The summed E-state index contributed by atoms with van der Waals surface area (Å²) in [5.41, 5.74) is 6.21. The summed E-state index contributed by atoms with van der Waals surface area (Å²) in [5, 5.41) is 0. The van der Waals surface area contributed by atoms with Gasteiger partial charge in [-0.15, -0.1) is 0 Å². The first-order chi connectivity index (χ1) is 10.3. The number of ether oxygens (including phenoxy) is 2. The number of hydrogen-bond acceptors (Lipinski definition) is 4. The quantitative estimate of drug-likeness (QED) is 0.898. The number of rotatable bonds is 5. The van der Waals surface area contributed by atoms with Crippen LogP contribution in [-0.4, -0.2) is 43.2 Å². The third-order valence-corrected chi connectivity index (χ3v) is 4.18. The van der Waals surface area contributed by atoms with Gasteiger partial charge in [0.1, 0.15) is 13.2 Å². The number of fused-ring (bicyclic) bond motifs is 1. The Morgan fingerprint density at radius 3 is 2.81 bits per heavy atom. The lowest BCUT2D eigenvalue weighted by atomic mass is 9.90. The van der Waals surface area contributed by atoms with Crippen molar-refractivity contribution in [2.24, 2.45) is 5.73 Å². The second kappa shape index (κ2) is 6.35. The molecule has 1 aromatic rings. The number of benzene rings is 1. The first-order valence-electron chi connectivity index (χ1n) is 7.71. The van der Waals surface area contributed by atoms with Crippen LogP contribution in [0.3, 0.4) is 0 Å². The molecule has 0 atom stereocenters. The van der Waals surface area contributed by atoms with Crippen molar-refractivity contribution in [3.63, 3.8) is 0 Å². The Labute approximate surface area is 125 Å². The van der Waals surface area contributed by atoms with Gasteiger partial charge in [0.05, 0.1) is 5.56 Å². The van der Waals surface area contributed by atoms with E-state index < -0.39 is 0 Å². The number of hydrogen-bond donors (Lipinski definition) is 1. The summed E-state index contributed by atoms with van der Waals surface area (Å²) in [6.07, 6.45) is 4.20. The molecule has 0 bridgehead atoms. The van der Waals surface area contributed by atoms with Gasteiger partial charge in [0.25, 0.3) is 5.91 Å². The molecule has 114 valence electrons. The molecule has 0 radical (unpaired) electrons. The summed E-state index contributed by atoms with van der Waals surface area (Å²) in [4.78, 5) is 14.9. The maximum Gasteiger partial charge on any atom is 0.258 e. The lowest BCUT2D eigenvalue weighted by Crippen LogP contribution is -2.45. The summed E-state index contributed by atoms with van der Waals surface area (Å²) in [7, 11) is 0. The van der Waals surface area contributed by atoms with Crippen molar-refractivity contribution in [3.05, 3.63) is 23.8 Å². The Bertz CT molecular complexity index is 514. The van der Waals surface area contributed by atoms with E-state index >= 15 is 0 Å². The number of nitrogens with two attached hydrogens (primary N) is 1. The highest BCUT2D eigenvalue weighted by Gasteiger charge is 2.31. The van der Waals surface area contributed by atoms with Crippen LogP contribution in [0, 0.1) is 0 Å². The van der Waals surface area contributed by atoms with E-state index in [0.29, 0.717) is 49.4 Å². The normalized spacial score (nSPS) is 17.2. The zero-order valence-corrected chi connectivity index (χ0v) is 12.2. The molecule has 1 saturated carbocycles. The largest absolute Gasteiger partial charge is 0.486 e. The molecular formula is C16H22N2O3. The fourth-order valence-corrected chi connectivity index (χ4v) is 2.81. The second-order valence-corrected chi connectivity index (χ2v) is 5.56. The van der Waals surface area contributed by atoms with E-state index in [1.807, 2.05) is 23.1 Å². The molecule has 2 N–H and O–H groups in total. The van der Waals surface area contributed by atoms with Crippen LogP contribution in [0.1, 0.15) is 36.0 Å². The number of nitrogens with zero attached hydrogens (tertiary/aromatic N) is 1. The minimum atomic E-state index is 0.0375. The fraction of sp³-hybridized carbons (Fsp3) is 0.562. The summed E-state index contributed by atoms with van der Waals surface area (Å²) in [6.45, 7) is 2.33. The van der Waals surface area contributed by atoms with Crippen LogP contribution in [0.5, 0.6) is 11.5 Å². The lowest BCUT2D eigenvalue weighted by molar-refractivity contribution is 0.0569. The topological polar surface area (TPSA) is 64.8 Å². The van der Waals surface area contributed by atoms with E-state index in [2.05, 4.69) is 0 Å². The van der Waals surface area contributed by atoms with E-state index in [1.165, 1.54) is 6.42 Å². The zero-order chi connectivity index (χ0) is 14.7. The molecule has 0 spiro atoms. The first kappa shape index (κ1) is 14.2. The molecule has 1 aliphatic carbocycles. The SMILES string of the molecule is NCCCN(C(=O)c1cccc2c1OCCO2)C1CCC1. The summed E-state index contributed by atoms with van der Waals surface area (Å²) in [6, 6.07) is 5.87. The van der Waals surface area contributed by atoms with E-state index in [0.717, 1.165) is 19.3 Å². The molecule has 1 fully saturated rings. The average molecular weight is 290 g/mol. The van der Waals surface area contributed by atoms with Crippen LogP contribution >= 0.6 is 0 Å². The predicted octanol–water partition coefficient (Wildman–Crippen LogP) is 1.80. The Morgan fingerprint density at radius 2 is 2.10 bits per heavy atom. The molecule has 1 aliphatic heterocycles. The number of amides is 1. The average Bonchev–Trinajstić information content (AvgIpc) is 2.48. The first-order valence-corrected chi connectivity index (χ1v) is 7.71. The second-order valence-electron chi connectivity index (χ2n) is 5.56. The molecule has 5 heteroatoms. The molecule has 1 amide bonds. The maximum atomic E-state index is 12.9. The van der Waals surface area contributed by atoms with Crippen LogP contribution < -0.4 is 15.2 Å². The zero-order valence-electron chi connectivity index (χ0n) is 12.2. The molecular weight excluding hydrogens is 268 g/mol. The van der Waals surface area contributed by atoms with Gasteiger partial charge in [-0.3, -0.25) is 4.79 Å². The maximum absolute atomic E-state index is 12.9. The van der Waals surface area contributed by atoms with Crippen molar-refractivity contribution < 1.29 is 14.3 Å². The molecule has 21 heavy (non-hydrogen) atoms. The molecule has 2 aliphatic rings. The fourth-order valence-electron chi connectivity index (χ4n) is 2.81. The smallest absolute Gasteiger partial charge is 0.258 e. The van der Waals surface area contributed by atoms with Crippen LogP contribution in [0.4, 0.5) is 0 Å². The van der Waals surface area contributed by atoms with Gasteiger partial charge < -0.3 is 20.1 Å². The van der Waals surface area contributed by atoms with E-state index in [1.54, 1.807) is 0 Å². The Hall–Kier alpha value is -1.75. The Morgan fingerprint density at radius 1 is 1.29 bits per heavy atom. The van der Waals surface area contributed by atoms with Gasteiger partial charge in [-0.25, -0.2) is 0 Å². The van der Waals surface area contributed by atoms with Crippen LogP contribution in [0.25, 0.3) is 0 Å². The van der Waals surface area contributed by atoms with Gasteiger partial charge in [0.15, 0.2) is 11.5 Å². The molecule has 3 rings (SSSR count). The number of carbonyl (C=O) groups is 1. The summed E-state index contributed by atoms with van der Waals surface area (Å²) in [5.74, 6) is 1.29. The van der Waals surface area contributed by atoms with Gasteiger partial charge in [-0.1, -0.05) is 6.07 Å². The highest BCUT2D eigenvalue weighted by molar-refractivity contribution is 5.98. The molecule has 0 aromatic heterocycles. The predicted molar refractivity (Wildman–Crippen MR) is 79.8 cm³/mol. The molecule has 5 nitrogen and oxygen atoms in total. The highest BCUT2D eigenvalue weighted by atomic mass is 16.6. The summed E-state index contributed by atoms with van der Waals surface area (Å²) < 4.78 is 11.2. The Balaban J connectivity index is 1.85. The van der Waals surface area contributed by atoms with Gasteiger partial charge in [-0.2, -0.15) is 0 Å². The Kier molecular flexibility index (Phi) is 4.29. The van der Waals surface area contributed by atoms with Crippen LogP contribution in [-0.2, 0) is 0 Å². The van der Waals surface area contributed by atoms with E-state index in [9.17, 15) is 4.79 Å². The van der Waals surface area contributed by atoms with Crippen molar-refractivity contribution in [2.75, 3.05) is 26.3 Å². The van der Waals surface area contributed by atoms with Crippen molar-refractivity contribution in [2.45, 2.75) is 31.7 Å². The van der Waals surface area contributed by atoms with Gasteiger partial charge in [0, 0.05) is 12.6 Å². The number of para-hydroxylation sites is 1. The van der Waals surface area contributed by atoms with Crippen molar-refractivity contribution in [3.8, 4) is 11.5 Å². The monoisotopic (exact) mass is 290 g/mol. The van der Waals surface area contributed by atoms with Crippen LogP contribution in [0.15, 0.2) is 18.2 Å². The van der Waals surface area contributed by atoms with Gasteiger partial charge in [0.2, 0.25) is 0 Å². The molecule has 0 unspecified atom stereocenters. The lowest BCUT2D eigenvalue weighted by Gasteiger charge is -2.38.